The third kappa shape index (κ3) is 3.85. The van der Waals surface area contributed by atoms with Crippen molar-refractivity contribution in [2.45, 2.75) is 12.8 Å². The molecule has 1 rings (SSSR count). The molecule has 4 N–H and O–H groups in total. The van der Waals surface area contributed by atoms with Crippen LogP contribution in [0.4, 0.5) is 0 Å². The summed E-state index contributed by atoms with van der Waals surface area (Å²) in [5.74, 6) is 0.794. The fourth-order valence-corrected chi connectivity index (χ4v) is 0.880. The van der Waals surface area contributed by atoms with Crippen LogP contribution >= 0.6 is 11.6 Å². The van der Waals surface area contributed by atoms with Crippen LogP contribution in [0.3, 0.4) is 0 Å². The summed E-state index contributed by atoms with van der Waals surface area (Å²) in [6.45, 7) is 0. The van der Waals surface area contributed by atoms with Crippen LogP contribution in [0.25, 0.3) is 0 Å². The molecule has 0 heterocycles. The van der Waals surface area contributed by atoms with E-state index in [9.17, 15) is 0 Å². The first kappa shape index (κ1) is 9.92. The molecule has 0 aromatic heterocycles. The first-order chi connectivity index (χ1) is 6.09. The Labute approximate surface area is 81.5 Å². The van der Waals surface area contributed by atoms with Crippen molar-refractivity contribution in [2.24, 2.45) is 5.92 Å². The Balaban J connectivity index is 2.31. The predicted octanol–water partition coefficient (Wildman–Crippen LogP) is 1.71. The number of nitrogens with one attached hydrogen (secondary N) is 4. The molecule has 0 saturated heterocycles. The van der Waals surface area contributed by atoms with Gasteiger partial charge in [0.15, 0.2) is 0 Å². The molecule has 4 nitrogen and oxygen atoms in total. The SMILES string of the molecule is N=C(Cl)/C=C\C(=N)NC(=N)C1CC1. The van der Waals surface area contributed by atoms with E-state index >= 15 is 0 Å². The van der Waals surface area contributed by atoms with Crippen molar-refractivity contribution in [3.63, 3.8) is 0 Å². The summed E-state index contributed by atoms with van der Waals surface area (Å²) < 4.78 is 0. The molecular formula is C8H11ClN4. The number of allylic oxidation sites excluding steroid dienone is 1. The third-order valence-electron chi connectivity index (χ3n) is 1.65. The smallest absolute Gasteiger partial charge is 0.123 e. The van der Waals surface area contributed by atoms with Crippen LogP contribution in [-0.2, 0) is 0 Å². The van der Waals surface area contributed by atoms with Crippen molar-refractivity contribution in [1.29, 1.82) is 16.2 Å². The van der Waals surface area contributed by atoms with Gasteiger partial charge in [-0.05, 0) is 25.0 Å². The lowest BCUT2D eigenvalue weighted by Gasteiger charge is -2.03. The first-order valence-corrected chi connectivity index (χ1v) is 4.33. The zero-order chi connectivity index (χ0) is 9.84. The molecule has 1 aliphatic rings. The van der Waals surface area contributed by atoms with Crippen LogP contribution < -0.4 is 5.32 Å². The van der Waals surface area contributed by atoms with Gasteiger partial charge in [-0.15, -0.1) is 0 Å². The maximum atomic E-state index is 7.45. The van der Waals surface area contributed by atoms with Crippen molar-refractivity contribution in [2.75, 3.05) is 0 Å². The van der Waals surface area contributed by atoms with Crippen molar-refractivity contribution in [3.05, 3.63) is 12.2 Å². The summed E-state index contributed by atoms with van der Waals surface area (Å²) in [6, 6.07) is 0. The molecule has 1 aliphatic carbocycles. The lowest BCUT2D eigenvalue weighted by Crippen LogP contribution is -2.29. The molecule has 13 heavy (non-hydrogen) atoms. The lowest BCUT2D eigenvalue weighted by atomic mass is 10.3. The molecule has 1 saturated carbocycles. The van der Waals surface area contributed by atoms with Gasteiger partial charge in [-0.2, -0.15) is 0 Å². The van der Waals surface area contributed by atoms with E-state index in [0.717, 1.165) is 12.8 Å². The van der Waals surface area contributed by atoms with E-state index in [1.165, 1.54) is 12.2 Å². The molecule has 1 fully saturated rings. The van der Waals surface area contributed by atoms with E-state index in [0.29, 0.717) is 11.8 Å². The second kappa shape index (κ2) is 4.18. The van der Waals surface area contributed by atoms with E-state index in [4.69, 9.17) is 27.8 Å². The fourth-order valence-electron chi connectivity index (χ4n) is 0.817. The Bertz CT molecular complexity index is 278. The molecule has 0 atom stereocenters. The second-order valence-corrected chi connectivity index (χ2v) is 3.32. The average molecular weight is 199 g/mol. The largest absolute Gasteiger partial charge is 0.329 e. The minimum atomic E-state index is -0.121. The Hall–Kier alpha value is -1.16. The van der Waals surface area contributed by atoms with Gasteiger partial charge >= 0.3 is 0 Å². The number of halogens is 1. The van der Waals surface area contributed by atoms with Crippen LogP contribution in [0.2, 0.25) is 0 Å². The number of amidine groups is 2. The van der Waals surface area contributed by atoms with Gasteiger partial charge in [0, 0.05) is 5.92 Å². The van der Waals surface area contributed by atoms with Crippen LogP contribution in [-0.4, -0.2) is 16.8 Å². The summed E-state index contributed by atoms with van der Waals surface area (Å²) in [5, 5.41) is 24.2. The Morgan fingerprint density at radius 2 is 1.85 bits per heavy atom. The average Bonchev–Trinajstić information content (AvgIpc) is 2.82. The molecule has 0 aromatic carbocycles. The summed E-state index contributed by atoms with van der Waals surface area (Å²) in [7, 11) is 0. The van der Waals surface area contributed by atoms with E-state index in [1.807, 2.05) is 0 Å². The highest BCUT2D eigenvalue weighted by atomic mass is 35.5. The summed E-state index contributed by atoms with van der Waals surface area (Å²) >= 11 is 5.25. The molecule has 0 unspecified atom stereocenters. The molecule has 0 aliphatic heterocycles. The van der Waals surface area contributed by atoms with Gasteiger partial charge in [-0.25, -0.2) is 0 Å². The zero-order valence-electron chi connectivity index (χ0n) is 7.02. The zero-order valence-corrected chi connectivity index (χ0v) is 7.78. The number of hydrogen-bond acceptors (Lipinski definition) is 3. The second-order valence-electron chi connectivity index (χ2n) is 2.91. The molecule has 70 valence electrons. The van der Waals surface area contributed by atoms with Gasteiger partial charge in [-0.3, -0.25) is 16.2 Å². The minimum Gasteiger partial charge on any atom is -0.329 e. The Kier molecular flexibility index (Phi) is 3.19. The standard InChI is InChI=1S/C8H11ClN4/c9-6(10)3-4-7(11)13-8(12)5-1-2-5/h3-5,10H,1-2H2,(H3,11,12,13)/b4-3-,10-6?. The maximum Gasteiger partial charge on any atom is 0.123 e. The highest BCUT2D eigenvalue weighted by molar-refractivity contribution is 6.67. The van der Waals surface area contributed by atoms with Gasteiger partial charge in [0.2, 0.25) is 0 Å². The highest BCUT2D eigenvalue weighted by Gasteiger charge is 2.26. The molecule has 0 aromatic rings. The molecule has 0 spiro atoms. The van der Waals surface area contributed by atoms with Crippen molar-refractivity contribution in [3.8, 4) is 0 Å². The Morgan fingerprint density at radius 3 is 2.31 bits per heavy atom. The summed E-state index contributed by atoms with van der Waals surface area (Å²) in [5.41, 5.74) is 0. The number of rotatable bonds is 3. The van der Waals surface area contributed by atoms with E-state index in [2.05, 4.69) is 5.32 Å². The van der Waals surface area contributed by atoms with Gasteiger partial charge in [0.1, 0.15) is 16.8 Å². The first-order valence-electron chi connectivity index (χ1n) is 3.95. The third-order valence-corrected chi connectivity index (χ3v) is 1.78. The van der Waals surface area contributed by atoms with Gasteiger partial charge in [0.25, 0.3) is 0 Å². The Morgan fingerprint density at radius 1 is 1.23 bits per heavy atom. The fraction of sp³-hybridized carbons (Fsp3) is 0.375. The normalized spacial score (nSPS) is 15.8. The van der Waals surface area contributed by atoms with Gasteiger partial charge in [0.05, 0.1) is 0 Å². The minimum absolute atomic E-state index is 0.0994. The van der Waals surface area contributed by atoms with Gasteiger partial charge < -0.3 is 5.32 Å². The monoisotopic (exact) mass is 198 g/mol. The van der Waals surface area contributed by atoms with Crippen molar-refractivity contribution < 1.29 is 0 Å². The van der Waals surface area contributed by atoms with E-state index in [1.54, 1.807) is 0 Å². The molecular weight excluding hydrogens is 188 g/mol. The molecule has 0 radical (unpaired) electrons. The van der Waals surface area contributed by atoms with Crippen LogP contribution in [0, 0.1) is 22.1 Å². The number of hydrogen-bond donors (Lipinski definition) is 4. The summed E-state index contributed by atoms with van der Waals surface area (Å²) in [6.07, 6.45) is 4.74. The van der Waals surface area contributed by atoms with E-state index < -0.39 is 0 Å². The van der Waals surface area contributed by atoms with Crippen LogP contribution in [0.15, 0.2) is 12.2 Å². The maximum absolute atomic E-state index is 7.45. The van der Waals surface area contributed by atoms with E-state index in [-0.39, 0.29) is 11.0 Å². The lowest BCUT2D eigenvalue weighted by molar-refractivity contribution is 1.07. The molecule has 0 bridgehead atoms. The topological polar surface area (TPSA) is 83.6 Å². The quantitative estimate of drug-likeness (QED) is 0.404. The molecule has 5 heteroatoms. The van der Waals surface area contributed by atoms with Crippen LogP contribution in [0.1, 0.15) is 12.8 Å². The highest BCUT2D eigenvalue weighted by Crippen LogP contribution is 2.28. The predicted molar refractivity (Wildman–Crippen MR) is 54.0 cm³/mol. The van der Waals surface area contributed by atoms with Crippen LogP contribution in [0.5, 0.6) is 0 Å². The molecule has 0 amide bonds. The van der Waals surface area contributed by atoms with Crippen molar-refractivity contribution >= 4 is 28.4 Å². The van der Waals surface area contributed by atoms with Crippen molar-refractivity contribution in [1.82, 2.24) is 5.32 Å². The summed E-state index contributed by atoms with van der Waals surface area (Å²) in [4.78, 5) is 0. The van der Waals surface area contributed by atoms with Gasteiger partial charge in [-0.1, -0.05) is 11.6 Å².